The van der Waals surface area contributed by atoms with Crippen LogP contribution in [0.15, 0.2) is 44.2 Å². The molecule has 0 aliphatic carbocycles. The number of nitrogens with zero attached hydrogens (tertiary/aromatic N) is 3. The summed E-state index contributed by atoms with van der Waals surface area (Å²) in [4.78, 5) is 16.5. The molecule has 2 aromatic heterocycles. The first-order chi connectivity index (χ1) is 13.8. The Bertz CT molecular complexity index is 1170. The van der Waals surface area contributed by atoms with E-state index in [4.69, 9.17) is 4.42 Å². The molecule has 4 rings (SSSR count). The van der Waals surface area contributed by atoms with Gasteiger partial charge in [0.25, 0.3) is 15.9 Å². The van der Waals surface area contributed by atoms with Crippen molar-refractivity contribution in [1.82, 2.24) is 20.1 Å². The number of likely N-dealkylation sites (tertiary alicyclic amines) is 1. The Morgan fingerprint density at radius 2 is 2.00 bits per heavy atom. The monoisotopic (exact) mass is 483 g/mol. The number of anilines is 1. The molecular weight excluding hydrogens is 469 g/mol. The largest absolute Gasteiger partial charge is 0.411 e. The van der Waals surface area contributed by atoms with Crippen molar-refractivity contribution in [2.75, 3.05) is 17.8 Å². The van der Waals surface area contributed by atoms with Crippen LogP contribution in [0.3, 0.4) is 0 Å². The molecule has 1 fully saturated rings. The van der Waals surface area contributed by atoms with Crippen molar-refractivity contribution in [3.63, 3.8) is 0 Å². The van der Waals surface area contributed by atoms with E-state index >= 15 is 0 Å². The quantitative estimate of drug-likeness (QED) is 0.575. The lowest BCUT2D eigenvalue weighted by molar-refractivity contribution is 0.0754. The highest BCUT2D eigenvalue weighted by Gasteiger charge is 2.26. The fourth-order valence-electron chi connectivity index (χ4n) is 2.90. The summed E-state index contributed by atoms with van der Waals surface area (Å²) in [6.07, 6.45) is 3.06. The Kier molecular flexibility index (Phi) is 5.13. The van der Waals surface area contributed by atoms with E-state index in [-0.39, 0.29) is 34.0 Å². The Balaban J connectivity index is 1.54. The predicted octanol–water partition coefficient (Wildman–Crippen LogP) is 3.00. The number of nitrogens with one attached hydrogen (secondary N) is 2. The number of rotatable bonds is 5. The van der Waals surface area contributed by atoms with Gasteiger partial charge in [0.15, 0.2) is 0 Å². The number of aromatic nitrogens is 3. The SMILES string of the molecule is O=C(c1nnc(-c2cc(S(=O)(=O)Nc3ccc(Br)cc3F)c[nH]2)o1)N1CCCC1. The molecule has 0 spiro atoms. The number of benzene rings is 1. The molecule has 0 atom stereocenters. The molecule has 29 heavy (non-hydrogen) atoms. The van der Waals surface area contributed by atoms with Crippen LogP contribution in [0.25, 0.3) is 11.6 Å². The van der Waals surface area contributed by atoms with Gasteiger partial charge in [-0.15, -0.1) is 10.2 Å². The zero-order chi connectivity index (χ0) is 20.6. The highest BCUT2D eigenvalue weighted by Crippen LogP contribution is 2.25. The third kappa shape index (κ3) is 4.03. The van der Waals surface area contributed by atoms with Gasteiger partial charge in [0, 0.05) is 23.8 Å². The van der Waals surface area contributed by atoms with E-state index in [2.05, 4.69) is 35.8 Å². The van der Waals surface area contributed by atoms with Crippen molar-refractivity contribution in [3.05, 3.63) is 46.6 Å². The van der Waals surface area contributed by atoms with E-state index in [0.29, 0.717) is 17.6 Å². The van der Waals surface area contributed by atoms with Crippen LogP contribution in [-0.2, 0) is 10.0 Å². The minimum Gasteiger partial charge on any atom is -0.411 e. The van der Waals surface area contributed by atoms with Crippen LogP contribution in [0.2, 0.25) is 0 Å². The van der Waals surface area contributed by atoms with E-state index in [1.54, 1.807) is 4.90 Å². The van der Waals surface area contributed by atoms with E-state index < -0.39 is 15.8 Å². The molecule has 1 aliphatic heterocycles. The lowest BCUT2D eigenvalue weighted by atomic mass is 10.3. The fourth-order valence-corrected chi connectivity index (χ4v) is 4.30. The second-order valence-corrected chi connectivity index (χ2v) is 8.99. The first kappa shape index (κ1) is 19.6. The van der Waals surface area contributed by atoms with Gasteiger partial charge in [0.2, 0.25) is 0 Å². The number of hydrogen-bond donors (Lipinski definition) is 2. The standard InChI is InChI=1S/C17H15BrFN5O4S/c18-10-3-4-13(12(19)7-10)23-29(26,27)11-8-14(20-9-11)15-21-22-16(28-15)17(25)24-5-1-2-6-24/h3-4,7-9,20,23H,1-2,5-6H2. The van der Waals surface area contributed by atoms with E-state index in [9.17, 15) is 17.6 Å². The maximum atomic E-state index is 13.9. The maximum Gasteiger partial charge on any atom is 0.311 e. The van der Waals surface area contributed by atoms with Gasteiger partial charge in [-0.25, -0.2) is 12.8 Å². The third-order valence-corrected chi connectivity index (χ3v) is 6.21. The first-order valence-corrected chi connectivity index (χ1v) is 10.9. The van der Waals surface area contributed by atoms with Crippen molar-refractivity contribution in [1.29, 1.82) is 0 Å². The number of H-pyrrole nitrogens is 1. The Hall–Kier alpha value is -2.73. The minimum absolute atomic E-state index is 0.0242. The van der Waals surface area contributed by atoms with E-state index in [0.717, 1.165) is 18.9 Å². The summed E-state index contributed by atoms with van der Waals surface area (Å²) in [6.45, 7) is 1.28. The normalized spacial score (nSPS) is 14.3. The molecule has 3 heterocycles. The Morgan fingerprint density at radius 3 is 2.72 bits per heavy atom. The predicted molar refractivity (Wildman–Crippen MR) is 104 cm³/mol. The van der Waals surface area contributed by atoms with Crippen LogP contribution in [0.4, 0.5) is 10.1 Å². The van der Waals surface area contributed by atoms with Gasteiger partial charge in [-0.2, -0.15) is 0 Å². The van der Waals surface area contributed by atoms with Gasteiger partial charge in [0.1, 0.15) is 16.4 Å². The summed E-state index contributed by atoms with van der Waals surface area (Å²) in [6, 6.07) is 5.23. The highest BCUT2D eigenvalue weighted by molar-refractivity contribution is 9.10. The molecule has 152 valence electrons. The highest BCUT2D eigenvalue weighted by atomic mass is 79.9. The van der Waals surface area contributed by atoms with Gasteiger partial charge in [-0.3, -0.25) is 9.52 Å². The molecule has 1 amide bonds. The molecule has 1 aliphatic rings. The number of carbonyl (C=O) groups is 1. The Labute approximate surface area is 173 Å². The first-order valence-electron chi connectivity index (χ1n) is 8.63. The summed E-state index contributed by atoms with van der Waals surface area (Å²) in [5, 5.41) is 7.56. The number of halogens is 2. The third-order valence-electron chi connectivity index (χ3n) is 4.37. The average Bonchev–Trinajstić information content (AvgIpc) is 3.44. The Morgan fingerprint density at radius 1 is 1.24 bits per heavy atom. The molecule has 1 aromatic carbocycles. The maximum absolute atomic E-state index is 13.9. The van der Waals surface area contributed by atoms with Crippen molar-refractivity contribution in [3.8, 4) is 11.6 Å². The summed E-state index contributed by atoms with van der Waals surface area (Å²) in [5.74, 6) is -1.26. The molecule has 0 bridgehead atoms. The lowest BCUT2D eigenvalue weighted by Gasteiger charge is -2.11. The minimum atomic E-state index is -4.06. The van der Waals surface area contributed by atoms with Crippen LogP contribution in [-0.4, -0.2) is 47.5 Å². The van der Waals surface area contributed by atoms with E-state index in [1.807, 2.05) is 0 Å². The topological polar surface area (TPSA) is 121 Å². The van der Waals surface area contributed by atoms with Crippen molar-refractivity contribution in [2.45, 2.75) is 17.7 Å². The van der Waals surface area contributed by atoms with Gasteiger partial charge in [-0.05, 0) is 37.1 Å². The molecule has 0 radical (unpaired) electrons. The fraction of sp³-hybridized carbons (Fsp3) is 0.235. The second kappa shape index (κ2) is 7.59. The second-order valence-electron chi connectivity index (χ2n) is 6.39. The van der Waals surface area contributed by atoms with Crippen LogP contribution >= 0.6 is 15.9 Å². The average molecular weight is 484 g/mol. The number of carbonyl (C=O) groups excluding carboxylic acids is 1. The molecule has 3 aromatic rings. The summed E-state index contributed by atoms with van der Waals surface area (Å²) in [7, 11) is -4.06. The molecule has 12 heteroatoms. The van der Waals surface area contributed by atoms with Gasteiger partial charge in [0.05, 0.1) is 5.69 Å². The summed E-state index contributed by atoms with van der Waals surface area (Å²) < 4.78 is 47.1. The number of sulfonamides is 1. The van der Waals surface area contributed by atoms with Gasteiger partial charge < -0.3 is 14.3 Å². The smallest absolute Gasteiger partial charge is 0.311 e. The van der Waals surface area contributed by atoms with Crippen LogP contribution in [0.1, 0.15) is 23.5 Å². The zero-order valence-electron chi connectivity index (χ0n) is 14.9. The zero-order valence-corrected chi connectivity index (χ0v) is 17.3. The lowest BCUT2D eigenvalue weighted by Crippen LogP contribution is -2.27. The van der Waals surface area contributed by atoms with Crippen molar-refractivity contribution < 1.29 is 22.0 Å². The number of aromatic amines is 1. The number of hydrogen-bond acceptors (Lipinski definition) is 6. The van der Waals surface area contributed by atoms with Gasteiger partial charge >= 0.3 is 11.8 Å². The molecule has 0 unspecified atom stereocenters. The van der Waals surface area contributed by atoms with E-state index in [1.165, 1.54) is 24.4 Å². The summed E-state index contributed by atoms with van der Waals surface area (Å²) >= 11 is 3.11. The van der Waals surface area contributed by atoms with Crippen LogP contribution in [0.5, 0.6) is 0 Å². The van der Waals surface area contributed by atoms with Crippen LogP contribution < -0.4 is 4.72 Å². The molecule has 0 saturated carbocycles. The summed E-state index contributed by atoms with van der Waals surface area (Å²) in [5.41, 5.74) is 0.0295. The molecule has 2 N–H and O–H groups in total. The van der Waals surface area contributed by atoms with Crippen molar-refractivity contribution in [2.24, 2.45) is 0 Å². The molecular formula is C17H15BrFN5O4S. The van der Waals surface area contributed by atoms with Gasteiger partial charge in [-0.1, -0.05) is 15.9 Å². The molecule has 9 nitrogen and oxygen atoms in total. The number of amides is 1. The van der Waals surface area contributed by atoms with Crippen LogP contribution in [0, 0.1) is 5.82 Å². The molecule has 1 saturated heterocycles. The van der Waals surface area contributed by atoms with Crippen molar-refractivity contribution >= 4 is 37.5 Å².